The largest absolute Gasteiger partial charge is 0.481 e. The maximum absolute atomic E-state index is 11.0. The summed E-state index contributed by atoms with van der Waals surface area (Å²) < 4.78 is 0. The summed E-state index contributed by atoms with van der Waals surface area (Å²) in [6, 6.07) is 1.81. The van der Waals surface area contributed by atoms with Gasteiger partial charge in [-0.3, -0.25) is 9.78 Å². The number of rotatable bonds is 4. The van der Waals surface area contributed by atoms with E-state index in [1.165, 1.54) is 0 Å². The molecule has 0 fully saturated rings. The van der Waals surface area contributed by atoms with Crippen LogP contribution in [-0.2, 0) is 11.2 Å². The third kappa shape index (κ3) is 2.10. The Kier molecular flexibility index (Phi) is 3.63. The second-order valence-electron chi connectivity index (χ2n) is 3.23. The van der Waals surface area contributed by atoms with Gasteiger partial charge in [-0.1, -0.05) is 13.8 Å². The minimum Gasteiger partial charge on any atom is -0.481 e. The number of hydrogen-bond donors (Lipinski definition) is 1. The van der Waals surface area contributed by atoms with Crippen LogP contribution < -0.4 is 0 Å². The third-order valence-electron chi connectivity index (χ3n) is 2.40. The molecule has 1 unspecified atom stereocenters. The van der Waals surface area contributed by atoms with Crippen molar-refractivity contribution >= 4 is 5.97 Å². The number of pyridine rings is 1. The first-order chi connectivity index (χ1) is 6.70. The standard InChI is InChI=1S/C11H15NO2/c1-3-8-7-12-6-5-10(8)9(4-2)11(13)14/h5-7,9H,3-4H2,1-2H3,(H,13,14). The fraction of sp³-hybridized carbons (Fsp3) is 0.455. The predicted octanol–water partition coefficient (Wildman–Crippen LogP) is 2.22. The molecule has 0 bridgehead atoms. The molecule has 76 valence electrons. The van der Waals surface area contributed by atoms with Gasteiger partial charge in [0.1, 0.15) is 0 Å². The van der Waals surface area contributed by atoms with Crippen molar-refractivity contribution in [3.05, 3.63) is 29.6 Å². The van der Waals surface area contributed by atoms with Crippen molar-refractivity contribution in [1.29, 1.82) is 0 Å². The van der Waals surface area contributed by atoms with Gasteiger partial charge in [0, 0.05) is 12.4 Å². The van der Waals surface area contributed by atoms with Crippen LogP contribution in [0.4, 0.5) is 0 Å². The molecule has 0 saturated carbocycles. The van der Waals surface area contributed by atoms with Crippen LogP contribution in [-0.4, -0.2) is 16.1 Å². The van der Waals surface area contributed by atoms with E-state index in [9.17, 15) is 4.79 Å². The Morgan fingerprint density at radius 1 is 1.57 bits per heavy atom. The highest BCUT2D eigenvalue weighted by molar-refractivity contribution is 5.76. The van der Waals surface area contributed by atoms with E-state index in [2.05, 4.69) is 4.98 Å². The zero-order valence-electron chi connectivity index (χ0n) is 8.53. The summed E-state index contributed by atoms with van der Waals surface area (Å²) in [5.41, 5.74) is 1.93. The van der Waals surface area contributed by atoms with Crippen LogP contribution in [0, 0.1) is 0 Å². The number of hydrogen-bond acceptors (Lipinski definition) is 2. The van der Waals surface area contributed by atoms with Crippen LogP contribution >= 0.6 is 0 Å². The molecule has 0 amide bonds. The first-order valence-corrected chi connectivity index (χ1v) is 4.86. The van der Waals surface area contributed by atoms with Crippen LogP contribution in [0.25, 0.3) is 0 Å². The summed E-state index contributed by atoms with van der Waals surface area (Å²) in [4.78, 5) is 15.0. The number of carboxylic acid groups (broad SMARTS) is 1. The van der Waals surface area contributed by atoms with Crippen LogP contribution in [0.2, 0.25) is 0 Å². The summed E-state index contributed by atoms with van der Waals surface area (Å²) in [5, 5.41) is 9.03. The third-order valence-corrected chi connectivity index (χ3v) is 2.40. The summed E-state index contributed by atoms with van der Waals surface area (Å²) in [6.07, 6.45) is 4.85. The molecule has 0 spiro atoms. The van der Waals surface area contributed by atoms with E-state index in [0.717, 1.165) is 17.5 Å². The second kappa shape index (κ2) is 4.74. The molecule has 0 saturated heterocycles. The quantitative estimate of drug-likeness (QED) is 0.797. The smallest absolute Gasteiger partial charge is 0.310 e. The molecule has 1 atom stereocenters. The van der Waals surface area contributed by atoms with Gasteiger partial charge in [0.2, 0.25) is 0 Å². The zero-order valence-corrected chi connectivity index (χ0v) is 8.53. The minimum absolute atomic E-state index is 0.395. The molecular formula is C11H15NO2. The van der Waals surface area contributed by atoms with Crippen LogP contribution in [0.5, 0.6) is 0 Å². The lowest BCUT2D eigenvalue weighted by molar-refractivity contribution is -0.138. The van der Waals surface area contributed by atoms with E-state index in [0.29, 0.717) is 6.42 Å². The number of carboxylic acids is 1. The SMILES string of the molecule is CCc1cnccc1C(CC)C(=O)O. The van der Waals surface area contributed by atoms with Gasteiger partial charge in [-0.05, 0) is 30.0 Å². The molecule has 0 aromatic carbocycles. The van der Waals surface area contributed by atoms with Crippen molar-refractivity contribution in [1.82, 2.24) is 4.98 Å². The van der Waals surface area contributed by atoms with E-state index in [1.54, 1.807) is 18.5 Å². The molecule has 0 aliphatic carbocycles. The Hall–Kier alpha value is -1.38. The highest BCUT2D eigenvalue weighted by atomic mass is 16.4. The zero-order chi connectivity index (χ0) is 10.6. The molecule has 14 heavy (non-hydrogen) atoms. The van der Waals surface area contributed by atoms with Gasteiger partial charge in [0.25, 0.3) is 0 Å². The van der Waals surface area contributed by atoms with E-state index in [1.807, 2.05) is 13.8 Å². The molecule has 3 nitrogen and oxygen atoms in total. The molecule has 1 rings (SSSR count). The average Bonchev–Trinajstić information content (AvgIpc) is 2.19. The molecular weight excluding hydrogens is 178 g/mol. The van der Waals surface area contributed by atoms with Crippen molar-refractivity contribution in [3.8, 4) is 0 Å². The summed E-state index contributed by atoms with van der Waals surface area (Å²) in [7, 11) is 0. The Bertz CT molecular complexity index is 323. The van der Waals surface area contributed by atoms with Gasteiger partial charge < -0.3 is 5.11 Å². The Balaban J connectivity index is 3.08. The average molecular weight is 193 g/mol. The van der Waals surface area contributed by atoms with Crippen LogP contribution in [0.3, 0.4) is 0 Å². The first-order valence-electron chi connectivity index (χ1n) is 4.86. The van der Waals surface area contributed by atoms with Gasteiger partial charge in [-0.15, -0.1) is 0 Å². The molecule has 1 aromatic rings. The van der Waals surface area contributed by atoms with Crippen LogP contribution in [0.15, 0.2) is 18.5 Å². The van der Waals surface area contributed by atoms with Crippen molar-refractivity contribution in [2.75, 3.05) is 0 Å². The Labute approximate surface area is 83.8 Å². The highest BCUT2D eigenvalue weighted by Gasteiger charge is 2.19. The number of aryl methyl sites for hydroxylation is 1. The molecule has 1 N–H and O–H groups in total. The van der Waals surface area contributed by atoms with Crippen molar-refractivity contribution < 1.29 is 9.90 Å². The maximum Gasteiger partial charge on any atom is 0.310 e. The monoisotopic (exact) mass is 193 g/mol. The normalized spacial score (nSPS) is 12.4. The van der Waals surface area contributed by atoms with Crippen molar-refractivity contribution in [3.63, 3.8) is 0 Å². The second-order valence-corrected chi connectivity index (χ2v) is 3.23. The molecule has 0 aliphatic heterocycles. The van der Waals surface area contributed by atoms with Crippen molar-refractivity contribution in [2.24, 2.45) is 0 Å². The minimum atomic E-state index is -0.756. The summed E-state index contributed by atoms with van der Waals surface area (Å²) >= 11 is 0. The predicted molar refractivity (Wildman–Crippen MR) is 54.3 cm³/mol. The van der Waals surface area contributed by atoms with Gasteiger partial charge in [0.05, 0.1) is 5.92 Å². The summed E-state index contributed by atoms with van der Waals surface area (Å²) in [5.74, 6) is -1.15. The van der Waals surface area contributed by atoms with Crippen molar-refractivity contribution in [2.45, 2.75) is 32.6 Å². The van der Waals surface area contributed by atoms with Gasteiger partial charge in [0.15, 0.2) is 0 Å². The van der Waals surface area contributed by atoms with E-state index in [4.69, 9.17) is 5.11 Å². The number of aromatic nitrogens is 1. The fourth-order valence-electron chi connectivity index (χ4n) is 1.60. The van der Waals surface area contributed by atoms with Crippen LogP contribution in [0.1, 0.15) is 37.3 Å². The van der Waals surface area contributed by atoms with Gasteiger partial charge in [-0.25, -0.2) is 0 Å². The fourth-order valence-corrected chi connectivity index (χ4v) is 1.60. The first kappa shape index (κ1) is 10.7. The molecule has 0 radical (unpaired) electrons. The number of carbonyl (C=O) groups is 1. The molecule has 0 aliphatic rings. The van der Waals surface area contributed by atoms with Gasteiger partial charge >= 0.3 is 5.97 Å². The Morgan fingerprint density at radius 3 is 2.79 bits per heavy atom. The van der Waals surface area contributed by atoms with E-state index in [-0.39, 0.29) is 0 Å². The molecule has 1 heterocycles. The van der Waals surface area contributed by atoms with E-state index >= 15 is 0 Å². The van der Waals surface area contributed by atoms with Gasteiger partial charge in [-0.2, -0.15) is 0 Å². The topological polar surface area (TPSA) is 50.2 Å². The molecule has 3 heteroatoms. The van der Waals surface area contributed by atoms with E-state index < -0.39 is 11.9 Å². The Morgan fingerprint density at radius 2 is 2.29 bits per heavy atom. The highest BCUT2D eigenvalue weighted by Crippen LogP contribution is 2.23. The summed E-state index contributed by atoms with van der Waals surface area (Å²) in [6.45, 7) is 3.90. The lowest BCUT2D eigenvalue weighted by Crippen LogP contribution is -2.12. The number of aliphatic carboxylic acids is 1. The lowest BCUT2D eigenvalue weighted by atomic mass is 9.93. The maximum atomic E-state index is 11.0. The molecule has 1 aromatic heterocycles. The lowest BCUT2D eigenvalue weighted by Gasteiger charge is -2.13. The number of nitrogens with zero attached hydrogens (tertiary/aromatic N) is 1.